The predicted octanol–water partition coefficient (Wildman–Crippen LogP) is 2.89. The molecule has 3 nitrogen and oxygen atoms in total. The second-order valence-corrected chi connectivity index (χ2v) is 5.28. The Balaban J connectivity index is 2.55. The summed E-state index contributed by atoms with van der Waals surface area (Å²) in [6.07, 6.45) is 2.13. The number of hydrogen-bond donors (Lipinski definition) is 0. The van der Waals surface area contributed by atoms with Crippen molar-refractivity contribution in [1.29, 1.82) is 0 Å². The molecule has 0 N–H and O–H groups in total. The molecule has 1 aromatic rings. The SMILES string of the molecule is COC(=O)CC(C)Sc1ncccc1Br. The lowest BCUT2D eigenvalue weighted by Crippen LogP contribution is -2.08. The average Bonchev–Trinajstić information content (AvgIpc) is 2.21. The molecule has 0 radical (unpaired) electrons. The lowest BCUT2D eigenvalue weighted by molar-refractivity contribution is -0.140. The molecule has 0 aliphatic rings. The summed E-state index contributed by atoms with van der Waals surface area (Å²) in [6.45, 7) is 1.97. The number of carbonyl (C=O) groups excluding carboxylic acids is 1. The van der Waals surface area contributed by atoms with Gasteiger partial charge in [-0.25, -0.2) is 4.98 Å². The molecular formula is C10H12BrNO2S. The summed E-state index contributed by atoms with van der Waals surface area (Å²) in [4.78, 5) is 15.2. The summed E-state index contributed by atoms with van der Waals surface area (Å²) in [5.41, 5.74) is 0. The number of carbonyl (C=O) groups is 1. The monoisotopic (exact) mass is 289 g/mol. The highest BCUT2D eigenvalue weighted by Gasteiger charge is 2.12. The minimum atomic E-state index is -0.193. The maximum atomic E-state index is 11.0. The lowest BCUT2D eigenvalue weighted by Gasteiger charge is -2.09. The quantitative estimate of drug-likeness (QED) is 0.631. The second-order valence-electron chi connectivity index (χ2n) is 3.00. The van der Waals surface area contributed by atoms with Gasteiger partial charge >= 0.3 is 5.97 Å². The van der Waals surface area contributed by atoms with Crippen molar-refractivity contribution in [2.75, 3.05) is 7.11 Å². The summed E-state index contributed by atoms with van der Waals surface area (Å²) in [6, 6.07) is 3.79. The molecule has 0 aliphatic heterocycles. The number of rotatable bonds is 4. The van der Waals surface area contributed by atoms with Gasteiger partial charge < -0.3 is 4.74 Å². The van der Waals surface area contributed by atoms with Gasteiger partial charge in [-0.05, 0) is 28.1 Å². The van der Waals surface area contributed by atoms with Crippen LogP contribution in [0, 0.1) is 0 Å². The van der Waals surface area contributed by atoms with E-state index >= 15 is 0 Å². The zero-order chi connectivity index (χ0) is 11.3. The molecule has 1 heterocycles. The molecule has 1 unspecified atom stereocenters. The normalized spacial score (nSPS) is 12.2. The zero-order valence-corrected chi connectivity index (χ0v) is 11.0. The number of thioether (sulfide) groups is 1. The zero-order valence-electron chi connectivity index (χ0n) is 8.57. The van der Waals surface area contributed by atoms with Gasteiger partial charge in [0.15, 0.2) is 0 Å². The highest BCUT2D eigenvalue weighted by Crippen LogP contribution is 2.29. The van der Waals surface area contributed by atoms with Crippen LogP contribution in [-0.2, 0) is 9.53 Å². The van der Waals surface area contributed by atoms with E-state index in [1.165, 1.54) is 7.11 Å². The molecule has 0 aromatic carbocycles. The molecule has 5 heteroatoms. The summed E-state index contributed by atoms with van der Waals surface area (Å²) >= 11 is 4.96. The van der Waals surface area contributed by atoms with Gasteiger partial charge in [0.2, 0.25) is 0 Å². The summed E-state index contributed by atoms with van der Waals surface area (Å²) in [5, 5.41) is 1.05. The first kappa shape index (κ1) is 12.5. The third-order valence-corrected chi connectivity index (χ3v) is 3.74. The van der Waals surface area contributed by atoms with Crippen molar-refractivity contribution in [2.45, 2.75) is 23.6 Å². The van der Waals surface area contributed by atoms with E-state index < -0.39 is 0 Å². The molecule has 1 aromatic heterocycles. The second kappa shape index (κ2) is 6.12. The largest absolute Gasteiger partial charge is 0.469 e. The minimum absolute atomic E-state index is 0.156. The van der Waals surface area contributed by atoms with Crippen molar-refractivity contribution in [1.82, 2.24) is 4.98 Å². The highest BCUT2D eigenvalue weighted by atomic mass is 79.9. The van der Waals surface area contributed by atoms with Crippen LogP contribution in [0.15, 0.2) is 27.8 Å². The standard InChI is InChI=1S/C10H12BrNO2S/c1-7(6-9(13)14-2)15-10-8(11)4-3-5-12-10/h3-5,7H,6H2,1-2H3. The van der Waals surface area contributed by atoms with Gasteiger partial charge in [0.25, 0.3) is 0 Å². The molecule has 1 atom stereocenters. The number of aromatic nitrogens is 1. The van der Waals surface area contributed by atoms with Gasteiger partial charge in [0.1, 0.15) is 5.03 Å². The van der Waals surface area contributed by atoms with Crippen molar-refractivity contribution in [2.24, 2.45) is 0 Å². The molecule has 0 bridgehead atoms. The van der Waals surface area contributed by atoms with Crippen LogP contribution >= 0.6 is 27.7 Å². The van der Waals surface area contributed by atoms with Gasteiger partial charge in [-0.1, -0.05) is 6.92 Å². The van der Waals surface area contributed by atoms with E-state index in [0.29, 0.717) is 6.42 Å². The Morgan fingerprint density at radius 1 is 1.73 bits per heavy atom. The first-order chi connectivity index (χ1) is 7.13. The van der Waals surface area contributed by atoms with E-state index in [1.54, 1.807) is 18.0 Å². The fourth-order valence-corrected chi connectivity index (χ4v) is 2.45. The molecule has 15 heavy (non-hydrogen) atoms. The fourth-order valence-electron chi connectivity index (χ4n) is 1.01. The molecule has 0 aliphatic carbocycles. The van der Waals surface area contributed by atoms with Gasteiger partial charge in [0, 0.05) is 15.9 Å². The van der Waals surface area contributed by atoms with Crippen molar-refractivity contribution in [3.8, 4) is 0 Å². The summed E-state index contributed by atoms with van der Waals surface area (Å²) in [7, 11) is 1.40. The third-order valence-electron chi connectivity index (χ3n) is 1.72. The van der Waals surface area contributed by atoms with Crippen LogP contribution in [-0.4, -0.2) is 23.3 Å². The number of nitrogens with zero attached hydrogens (tertiary/aromatic N) is 1. The van der Waals surface area contributed by atoms with Crippen LogP contribution in [0.3, 0.4) is 0 Å². The molecule has 1 rings (SSSR count). The average molecular weight is 290 g/mol. The topological polar surface area (TPSA) is 39.2 Å². The van der Waals surface area contributed by atoms with Crippen LogP contribution in [0.5, 0.6) is 0 Å². The number of esters is 1. The van der Waals surface area contributed by atoms with E-state index in [4.69, 9.17) is 0 Å². The third kappa shape index (κ3) is 4.22. The van der Waals surface area contributed by atoms with Gasteiger partial charge in [-0.15, -0.1) is 11.8 Å². The summed E-state index contributed by atoms with van der Waals surface area (Å²) < 4.78 is 5.56. The maximum Gasteiger partial charge on any atom is 0.306 e. The predicted molar refractivity (Wildman–Crippen MR) is 63.9 cm³/mol. The molecular weight excluding hydrogens is 278 g/mol. The van der Waals surface area contributed by atoms with E-state index in [-0.39, 0.29) is 11.2 Å². The van der Waals surface area contributed by atoms with Crippen molar-refractivity contribution in [3.05, 3.63) is 22.8 Å². The number of methoxy groups -OCH3 is 1. The Morgan fingerprint density at radius 3 is 3.07 bits per heavy atom. The number of ether oxygens (including phenoxy) is 1. The Hall–Kier alpha value is -0.550. The molecule has 0 spiro atoms. The van der Waals surface area contributed by atoms with Gasteiger partial charge in [-0.3, -0.25) is 4.79 Å². The maximum absolute atomic E-state index is 11.0. The van der Waals surface area contributed by atoms with E-state index in [2.05, 4.69) is 25.7 Å². The highest BCUT2D eigenvalue weighted by molar-refractivity contribution is 9.10. The van der Waals surface area contributed by atoms with Crippen LogP contribution in [0.2, 0.25) is 0 Å². The Kier molecular flexibility index (Phi) is 5.11. The van der Waals surface area contributed by atoms with Crippen LogP contribution < -0.4 is 0 Å². The first-order valence-electron chi connectivity index (χ1n) is 4.47. The van der Waals surface area contributed by atoms with Crippen molar-refractivity contribution >= 4 is 33.7 Å². The molecule has 0 fully saturated rings. The molecule has 0 saturated heterocycles. The Bertz CT molecular complexity index is 346. The number of pyridine rings is 1. The molecule has 82 valence electrons. The van der Waals surface area contributed by atoms with E-state index in [1.807, 2.05) is 19.1 Å². The molecule has 0 amide bonds. The lowest BCUT2D eigenvalue weighted by atomic mass is 10.3. The van der Waals surface area contributed by atoms with E-state index in [0.717, 1.165) is 9.50 Å². The van der Waals surface area contributed by atoms with E-state index in [9.17, 15) is 4.79 Å². The van der Waals surface area contributed by atoms with Crippen molar-refractivity contribution in [3.63, 3.8) is 0 Å². The number of halogens is 1. The van der Waals surface area contributed by atoms with Crippen LogP contribution in [0.25, 0.3) is 0 Å². The summed E-state index contributed by atoms with van der Waals surface area (Å²) in [5.74, 6) is -0.193. The smallest absolute Gasteiger partial charge is 0.306 e. The first-order valence-corrected chi connectivity index (χ1v) is 6.14. The Labute approximate surface area is 102 Å². The fraction of sp³-hybridized carbons (Fsp3) is 0.400. The van der Waals surface area contributed by atoms with Gasteiger partial charge in [0.05, 0.1) is 13.5 Å². The molecule has 0 saturated carbocycles. The Morgan fingerprint density at radius 2 is 2.47 bits per heavy atom. The minimum Gasteiger partial charge on any atom is -0.469 e. The number of hydrogen-bond acceptors (Lipinski definition) is 4. The van der Waals surface area contributed by atoms with Gasteiger partial charge in [-0.2, -0.15) is 0 Å². The van der Waals surface area contributed by atoms with Crippen LogP contribution in [0.1, 0.15) is 13.3 Å². The van der Waals surface area contributed by atoms with Crippen molar-refractivity contribution < 1.29 is 9.53 Å². The van der Waals surface area contributed by atoms with Crippen LogP contribution in [0.4, 0.5) is 0 Å².